The van der Waals surface area contributed by atoms with Crippen LogP contribution in [0.5, 0.6) is 0 Å². The Bertz CT molecular complexity index is 1400. The summed E-state index contributed by atoms with van der Waals surface area (Å²) in [4.78, 5) is 24.7. The number of anilines is 1. The number of nitrogens with zero attached hydrogens (tertiary/aromatic N) is 1. The Morgan fingerprint density at radius 3 is 2.26 bits per heavy atom. The van der Waals surface area contributed by atoms with Gasteiger partial charge in [0.05, 0.1) is 17.5 Å². The molecule has 0 saturated heterocycles. The summed E-state index contributed by atoms with van der Waals surface area (Å²) in [6, 6.07) is 19.0. The molecule has 180 valence electrons. The molecule has 1 aliphatic carbocycles. The maximum absolute atomic E-state index is 12.8. The Morgan fingerprint density at radius 2 is 1.66 bits per heavy atom. The smallest absolute Gasteiger partial charge is 0.411 e. The Labute approximate surface area is 203 Å². The summed E-state index contributed by atoms with van der Waals surface area (Å²) in [5.74, 6) is -1.31. The van der Waals surface area contributed by atoms with Crippen LogP contribution in [0.3, 0.4) is 0 Å². The summed E-state index contributed by atoms with van der Waals surface area (Å²) in [7, 11) is -3.39. The third kappa shape index (κ3) is 4.28. The summed E-state index contributed by atoms with van der Waals surface area (Å²) in [6.45, 7) is 0.418. The van der Waals surface area contributed by atoms with Gasteiger partial charge in [-0.3, -0.25) is 5.32 Å². The number of nitrogens with one attached hydrogen (secondary N) is 1. The maximum atomic E-state index is 12.8. The van der Waals surface area contributed by atoms with Gasteiger partial charge in [0.2, 0.25) is 10.0 Å². The number of carbonyl (C=O) groups excluding carboxylic acids is 1. The second-order valence-electron chi connectivity index (χ2n) is 8.73. The topological polar surface area (TPSA) is 113 Å². The number of carbonyl (C=O) groups is 2. The second kappa shape index (κ2) is 8.83. The van der Waals surface area contributed by atoms with E-state index in [1.165, 1.54) is 10.4 Å². The minimum Gasteiger partial charge on any atom is -0.478 e. The van der Waals surface area contributed by atoms with E-state index in [1.54, 1.807) is 6.07 Å². The zero-order valence-corrected chi connectivity index (χ0v) is 19.8. The zero-order valence-electron chi connectivity index (χ0n) is 19.0. The highest BCUT2D eigenvalue weighted by Gasteiger charge is 2.30. The quantitative estimate of drug-likeness (QED) is 0.555. The van der Waals surface area contributed by atoms with Gasteiger partial charge in [0.1, 0.15) is 6.61 Å². The van der Waals surface area contributed by atoms with Crippen molar-refractivity contribution in [3.8, 4) is 11.1 Å². The normalized spacial score (nSPS) is 15.1. The monoisotopic (exact) mass is 492 g/mol. The first kappa shape index (κ1) is 23.1. The highest BCUT2D eigenvalue weighted by atomic mass is 32.2. The van der Waals surface area contributed by atoms with E-state index >= 15 is 0 Å². The van der Waals surface area contributed by atoms with Gasteiger partial charge in [-0.05, 0) is 45.9 Å². The van der Waals surface area contributed by atoms with Crippen LogP contribution < -0.4 is 5.32 Å². The molecular weight excluding hydrogens is 468 g/mol. The van der Waals surface area contributed by atoms with Crippen molar-refractivity contribution in [2.24, 2.45) is 0 Å². The number of carboxylic acids is 1. The molecule has 35 heavy (non-hydrogen) atoms. The van der Waals surface area contributed by atoms with Gasteiger partial charge < -0.3 is 9.84 Å². The van der Waals surface area contributed by atoms with E-state index < -0.39 is 22.1 Å². The average Bonchev–Trinajstić information content (AvgIpc) is 3.15. The van der Waals surface area contributed by atoms with Gasteiger partial charge in [-0.1, -0.05) is 54.6 Å². The maximum Gasteiger partial charge on any atom is 0.411 e. The lowest BCUT2D eigenvalue weighted by Gasteiger charge is -2.29. The number of fused-ring (bicyclic) bond motifs is 4. The van der Waals surface area contributed by atoms with Crippen molar-refractivity contribution >= 4 is 27.8 Å². The molecule has 1 aliphatic heterocycles. The fourth-order valence-electron chi connectivity index (χ4n) is 4.97. The highest BCUT2D eigenvalue weighted by molar-refractivity contribution is 7.88. The summed E-state index contributed by atoms with van der Waals surface area (Å²) >= 11 is 0. The van der Waals surface area contributed by atoms with E-state index in [0.717, 1.165) is 28.5 Å². The molecule has 0 fully saturated rings. The minimum atomic E-state index is -3.39. The number of rotatable bonds is 5. The van der Waals surface area contributed by atoms with Crippen LogP contribution >= 0.6 is 0 Å². The van der Waals surface area contributed by atoms with Crippen LogP contribution in [-0.4, -0.2) is 49.3 Å². The van der Waals surface area contributed by atoms with Gasteiger partial charge in [-0.2, -0.15) is 4.31 Å². The Balaban J connectivity index is 1.38. The predicted molar refractivity (Wildman–Crippen MR) is 131 cm³/mol. The highest BCUT2D eigenvalue weighted by Crippen LogP contribution is 2.44. The van der Waals surface area contributed by atoms with Gasteiger partial charge in [-0.25, -0.2) is 18.0 Å². The molecule has 0 spiro atoms. The van der Waals surface area contributed by atoms with Crippen molar-refractivity contribution in [2.75, 3.05) is 24.7 Å². The summed E-state index contributed by atoms with van der Waals surface area (Å²) in [5.41, 5.74) is 5.72. The minimum absolute atomic E-state index is 0.0648. The Kier molecular flexibility index (Phi) is 5.82. The molecule has 3 aromatic rings. The molecule has 1 heterocycles. The lowest BCUT2D eigenvalue weighted by atomic mass is 9.95. The molecule has 8 nitrogen and oxygen atoms in total. The molecule has 2 aliphatic rings. The molecule has 9 heteroatoms. The van der Waals surface area contributed by atoms with E-state index in [0.29, 0.717) is 11.1 Å². The first-order chi connectivity index (χ1) is 16.7. The van der Waals surface area contributed by atoms with Crippen molar-refractivity contribution in [1.29, 1.82) is 0 Å². The molecule has 0 radical (unpaired) electrons. The van der Waals surface area contributed by atoms with Gasteiger partial charge in [0.25, 0.3) is 0 Å². The Morgan fingerprint density at radius 1 is 1.03 bits per heavy atom. The summed E-state index contributed by atoms with van der Waals surface area (Å²) in [5, 5.41) is 12.3. The number of aromatic carboxylic acids is 1. The van der Waals surface area contributed by atoms with Crippen LogP contribution in [-0.2, 0) is 27.7 Å². The van der Waals surface area contributed by atoms with Gasteiger partial charge >= 0.3 is 12.1 Å². The van der Waals surface area contributed by atoms with Crippen LogP contribution in [0.25, 0.3) is 11.1 Å². The second-order valence-corrected chi connectivity index (χ2v) is 10.7. The summed E-state index contributed by atoms with van der Waals surface area (Å²) < 4.78 is 30.8. The molecule has 3 aromatic carbocycles. The van der Waals surface area contributed by atoms with Crippen molar-refractivity contribution in [2.45, 2.75) is 18.9 Å². The average molecular weight is 493 g/mol. The third-order valence-corrected chi connectivity index (χ3v) is 7.89. The molecule has 2 N–H and O–H groups in total. The number of ether oxygens (including phenoxy) is 1. The third-order valence-electron chi connectivity index (χ3n) is 6.64. The number of hydrogen-bond donors (Lipinski definition) is 2. The number of carboxylic acid groups (broad SMARTS) is 1. The van der Waals surface area contributed by atoms with Crippen LogP contribution in [0.4, 0.5) is 10.5 Å². The van der Waals surface area contributed by atoms with Crippen LogP contribution in [0.1, 0.15) is 38.5 Å². The molecule has 0 aromatic heterocycles. The molecule has 0 bridgehead atoms. The van der Waals surface area contributed by atoms with E-state index in [4.69, 9.17) is 4.74 Å². The molecule has 0 saturated carbocycles. The van der Waals surface area contributed by atoms with Crippen molar-refractivity contribution in [1.82, 2.24) is 4.31 Å². The predicted octanol–water partition coefficient (Wildman–Crippen LogP) is 4.06. The fraction of sp³-hybridized carbons (Fsp3) is 0.231. The van der Waals surface area contributed by atoms with Crippen LogP contribution in [0.2, 0.25) is 0 Å². The van der Waals surface area contributed by atoms with E-state index in [2.05, 4.69) is 5.32 Å². The number of hydrogen-bond acceptors (Lipinski definition) is 5. The Hall–Kier alpha value is -3.69. The van der Waals surface area contributed by atoms with E-state index in [9.17, 15) is 23.1 Å². The van der Waals surface area contributed by atoms with Crippen molar-refractivity contribution < 1.29 is 27.9 Å². The lowest BCUT2D eigenvalue weighted by molar-refractivity contribution is 0.0697. The van der Waals surface area contributed by atoms with Gasteiger partial charge in [-0.15, -0.1) is 0 Å². The molecular formula is C26H24N2O6S. The standard InChI is InChI=1S/C26H24N2O6S/c1-35(32,33)28-13-12-17-16(14-28)10-11-22(25(29)30)24(17)27-26(31)34-15-23-20-8-4-2-6-18(20)19-7-3-5-9-21(19)23/h2-11,23H,12-15H2,1H3,(H,27,31)(H,29,30). The van der Waals surface area contributed by atoms with Crippen LogP contribution in [0.15, 0.2) is 60.7 Å². The summed E-state index contributed by atoms with van der Waals surface area (Å²) in [6.07, 6.45) is 0.662. The van der Waals surface area contributed by atoms with Crippen LogP contribution in [0, 0.1) is 0 Å². The van der Waals surface area contributed by atoms with Gasteiger partial charge in [0, 0.05) is 19.0 Å². The SMILES string of the molecule is CS(=O)(=O)N1CCc2c(ccc(C(=O)O)c2NC(=O)OCC2c3ccccc3-c3ccccc32)C1. The molecule has 1 amide bonds. The van der Waals surface area contributed by atoms with E-state index in [-0.39, 0.29) is 43.3 Å². The fourth-order valence-corrected chi connectivity index (χ4v) is 5.77. The first-order valence-electron chi connectivity index (χ1n) is 11.2. The van der Waals surface area contributed by atoms with E-state index in [1.807, 2.05) is 48.5 Å². The molecule has 0 atom stereocenters. The number of amides is 1. The number of sulfonamides is 1. The largest absolute Gasteiger partial charge is 0.478 e. The first-order valence-corrected chi connectivity index (χ1v) is 13.0. The van der Waals surface area contributed by atoms with Crippen molar-refractivity contribution in [3.05, 3.63) is 88.5 Å². The molecule has 0 unspecified atom stereocenters. The number of benzene rings is 3. The lowest BCUT2D eigenvalue weighted by Crippen LogP contribution is -2.36. The van der Waals surface area contributed by atoms with Crippen molar-refractivity contribution in [3.63, 3.8) is 0 Å². The van der Waals surface area contributed by atoms with Gasteiger partial charge in [0.15, 0.2) is 0 Å². The zero-order chi connectivity index (χ0) is 24.7. The molecule has 5 rings (SSSR count).